The first-order valence-electron chi connectivity index (χ1n) is 5.59. The van der Waals surface area contributed by atoms with Crippen LogP contribution in [0.2, 0.25) is 0 Å². The van der Waals surface area contributed by atoms with Crippen molar-refractivity contribution in [3.63, 3.8) is 0 Å². The molecule has 17 heavy (non-hydrogen) atoms. The van der Waals surface area contributed by atoms with E-state index in [1.807, 2.05) is 0 Å². The molecule has 0 bridgehead atoms. The van der Waals surface area contributed by atoms with Crippen LogP contribution in [0.15, 0.2) is 0 Å². The van der Waals surface area contributed by atoms with Crippen LogP contribution >= 0.6 is 11.8 Å². The quantitative estimate of drug-likeness (QED) is 0.821. The maximum absolute atomic E-state index is 11.9. The number of carboxylic acids is 1. The predicted molar refractivity (Wildman–Crippen MR) is 66.3 cm³/mol. The van der Waals surface area contributed by atoms with Crippen LogP contribution in [-0.4, -0.2) is 51.8 Å². The second kappa shape index (κ2) is 5.62. The number of rotatable bonds is 2. The molecule has 0 aliphatic carbocycles. The Kier molecular flexibility index (Phi) is 4.68. The van der Waals surface area contributed by atoms with Crippen LogP contribution in [0.1, 0.15) is 27.2 Å². The summed E-state index contributed by atoms with van der Waals surface area (Å²) >= 11 is 1.67. The van der Waals surface area contributed by atoms with Crippen LogP contribution in [0.3, 0.4) is 0 Å². The van der Waals surface area contributed by atoms with Gasteiger partial charge in [-0.3, -0.25) is 4.79 Å². The summed E-state index contributed by atoms with van der Waals surface area (Å²) in [5.74, 6) is 0.604. The Morgan fingerprint density at radius 1 is 1.47 bits per heavy atom. The number of hydrogen-bond donors (Lipinski definition) is 1. The Morgan fingerprint density at radius 2 is 2.12 bits per heavy atom. The van der Waals surface area contributed by atoms with E-state index in [9.17, 15) is 9.59 Å². The lowest BCUT2D eigenvalue weighted by Crippen LogP contribution is -2.48. The van der Waals surface area contributed by atoms with Crippen molar-refractivity contribution in [2.24, 2.45) is 0 Å². The number of hydrogen-bond acceptors (Lipinski definition) is 4. The maximum atomic E-state index is 11.9. The third kappa shape index (κ3) is 4.85. The lowest BCUT2D eigenvalue weighted by Gasteiger charge is -2.35. The van der Waals surface area contributed by atoms with Gasteiger partial charge in [-0.25, -0.2) is 4.79 Å². The lowest BCUT2D eigenvalue weighted by molar-refractivity contribution is -0.138. The van der Waals surface area contributed by atoms with Gasteiger partial charge in [-0.2, -0.15) is 11.8 Å². The lowest BCUT2D eigenvalue weighted by atomic mass is 10.2. The van der Waals surface area contributed by atoms with Gasteiger partial charge in [0.1, 0.15) is 5.60 Å². The zero-order valence-corrected chi connectivity index (χ0v) is 11.2. The number of carboxylic acid groups (broad SMARTS) is 1. The first kappa shape index (κ1) is 14.2. The molecular weight excluding hydrogens is 242 g/mol. The second-order valence-corrected chi connectivity index (χ2v) is 6.15. The third-order valence-corrected chi connectivity index (χ3v) is 3.36. The molecule has 0 unspecified atom stereocenters. The summed E-state index contributed by atoms with van der Waals surface area (Å²) in [6.45, 7) is 5.96. The monoisotopic (exact) mass is 261 g/mol. The highest BCUT2D eigenvalue weighted by atomic mass is 32.2. The first-order chi connectivity index (χ1) is 7.79. The summed E-state index contributed by atoms with van der Waals surface area (Å²) in [4.78, 5) is 24.2. The van der Waals surface area contributed by atoms with Gasteiger partial charge in [-0.1, -0.05) is 0 Å². The SMILES string of the molecule is CC(C)(C)OC(=O)N1CCSC[C@@H]1CC(=O)O. The average Bonchev–Trinajstić information content (AvgIpc) is 2.14. The van der Waals surface area contributed by atoms with E-state index in [0.717, 1.165) is 5.75 Å². The van der Waals surface area contributed by atoms with Crippen molar-refractivity contribution in [2.75, 3.05) is 18.1 Å². The van der Waals surface area contributed by atoms with E-state index in [1.165, 1.54) is 4.90 Å². The second-order valence-electron chi connectivity index (χ2n) is 5.00. The summed E-state index contributed by atoms with van der Waals surface area (Å²) in [6, 6.07) is -0.263. The van der Waals surface area contributed by atoms with Crippen molar-refractivity contribution in [1.29, 1.82) is 0 Å². The van der Waals surface area contributed by atoms with Crippen molar-refractivity contribution in [3.05, 3.63) is 0 Å². The highest BCUT2D eigenvalue weighted by Gasteiger charge is 2.31. The van der Waals surface area contributed by atoms with E-state index in [-0.39, 0.29) is 12.5 Å². The predicted octanol–water partition coefficient (Wildman–Crippen LogP) is 1.81. The summed E-state index contributed by atoms with van der Waals surface area (Å²) < 4.78 is 5.27. The van der Waals surface area contributed by atoms with Crippen LogP contribution in [0.25, 0.3) is 0 Å². The molecule has 0 radical (unpaired) electrons. The van der Waals surface area contributed by atoms with E-state index < -0.39 is 17.7 Å². The fourth-order valence-corrected chi connectivity index (χ4v) is 2.65. The minimum Gasteiger partial charge on any atom is -0.481 e. The van der Waals surface area contributed by atoms with Gasteiger partial charge in [0.25, 0.3) is 0 Å². The molecule has 0 aromatic heterocycles. The molecule has 1 fully saturated rings. The minimum absolute atomic E-state index is 0.0216. The van der Waals surface area contributed by atoms with Gasteiger partial charge in [-0.15, -0.1) is 0 Å². The highest BCUT2D eigenvalue weighted by Crippen LogP contribution is 2.21. The Bertz CT molecular complexity index is 300. The number of carbonyl (C=O) groups is 2. The number of carbonyl (C=O) groups excluding carboxylic acids is 1. The summed E-state index contributed by atoms with van der Waals surface area (Å²) in [5, 5.41) is 8.81. The van der Waals surface area contributed by atoms with E-state index in [1.54, 1.807) is 32.5 Å². The average molecular weight is 261 g/mol. The third-order valence-electron chi connectivity index (χ3n) is 2.27. The zero-order chi connectivity index (χ0) is 13.1. The number of thioether (sulfide) groups is 1. The van der Waals surface area contributed by atoms with Crippen molar-refractivity contribution in [3.8, 4) is 0 Å². The largest absolute Gasteiger partial charge is 0.481 e. The van der Waals surface area contributed by atoms with Gasteiger partial charge in [0.15, 0.2) is 0 Å². The Balaban J connectivity index is 2.64. The molecule has 0 saturated carbocycles. The van der Waals surface area contributed by atoms with Crippen molar-refractivity contribution >= 4 is 23.8 Å². The van der Waals surface area contributed by atoms with E-state index >= 15 is 0 Å². The fourth-order valence-electron chi connectivity index (χ4n) is 1.59. The van der Waals surface area contributed by atoms with Crippen LogP contribution in [0.5, 0.6) is 0 Å². The van der Waals surface area contributed by atoms with Crippen LogP contribution < -0.4 is 0 Å². The first-order valence-corrected chi connectivity index (χ1v) is 6.74. The molecule has 1 aliphatic heterocycles. The minimum atomic E-state index is -0.883. The van der Waals surface area contributed by atoms with Crippen molar-refractivity contribution in [1.82, 2.24) is 4.90 Å². The zero-order valence-electron chi connectivity index (χ0n) is 10.4. The molecule has 1 N–H and O–H groups in total. The molecule has 6 heteroatoms. The summed E-state index contributed by atoms with van der Waals surface area (Å²) in [5.41, 5.74) is -0.546. The number of aliphatic carboxylic acids is 1. The van der Waals surface area contributed by atoms with Crippen LogP contribution in [0, 0.1) is 0 Å². The van der Waals surface area contributed by atoms with Gasteiger partial charge in [0.2, 0.25) is 0 Å². The topological polar surface area (TPSA) is 66.8 Å². The van der Waals surface area contributed by atoms with E-state index in [4.69, 9.17) is 9.84 Å². The molecule has 1 amide bonds. The normalized spacial score (nSPS) is 21.1. The van der Waals surface area contributed by atoms with Crippen molar-refractivity contribution in [2.45, 2.75) is 38.8 Å². The molecule has 1 saturated heterocycles. The Hall–Kier alpha value is -0.910. The standard InChI is InChI=1S/C11H19NO4S/c1-11(2,3)16-10(15)12-4-5-17-7-8(12)6-9(13)14/h8H,4-7H2,1-3H3,(H,13,14)/t8-/m0/s1. The summed E-state index contributed by atoms with van der Waals surface area (Å²) in [7, 11) is 0. The molecule has 0 spiro atoms. The highest BCUT2D eigenvalue weighted by molar-refractivity contribution is 7.99. The molecule has 0 aromatic rings. The molecule has 1 heterocycles. The molecule has 0 aromatic carbocycles. The van der Waals surface area contributed by atoms with Gasteiger partial charge in [0.05, 0.1) is 12.5 Å². The van der Waals surface area contributed by atoms with E-state index in [0.29, 0.717) is 12.3 Å². The van der Waals surface area contributed by atoms with Gasteiger partial charge in [-0.05, 0) is 20.8 Å². The molecular formula is C11H19NO4S. The molecule has 98 valence electrons. The maximum Gasteiger partial charge on any atom is 0.410 e. The number of ether oxygens (including phenoxy) is 1. The van der Waals surface area contributed by atoms with Crippen LogP contribution in [0.4, 0.5) is 4.79 Å². The summed E-state index contributed by atoms with van der Waals surface area (Å²) in [6.07, 6.45) is -0.435. The van der Waals surface area contributed by atoms with Gasteiger partial charge < -0.3 is 14.7 Å². The Labute approximate surface area is 105 Å². The van der Waals surface area contributed by atoms with Crippen molar-refractivity contribution < 1.29 is 19.4 Å². The van der Waals surface area contributed by atoms with Gasteiger partial charge >= 0.3 is 12.1 Å². The number of amides is 1. The van der Waals surface area contributed by atoms with Crippen LogP contribution in [-0.2, 0) is 9.53 Å². The number of nitrogens with zero attached hydrogens (tertiary/aromatic N) is 1. The smallest absolute Gasteiger partial charge is 0.410 e. The van der Waals surface area contributed by atoms with Gasteiger partial charge in [0, 0.05) is 18.1 Å². The molecule has 1 atom stereocenters. The molecule has 5 nitrogen and oxygen atoms in total. The Morgan fingerprint density at radius 3 is 2.65 bits per heavy atom. The molecule has 1 aliphatic rings. The molecule has 1 rings (SSSR count). The van der Waals surface area contributed by atoms with E-state index in [2.05, 4.69) is 0 Å². The fraction of sp³-hybridized carbons (Fsp3) is 0.818.